The molecule has 1 atom stereocenters. The van der Waals surface area contributed by atoms with Gasteiger partial charge in [0.05, 0.1) is 12.7 Å². The first kappa shape index (κ1) is 16.3. The Hall–Kier alpha value is -1.75. The van der Waals surface area contributed by atoms with Crippen molar-refractivity contribution in [2.75, 3.05) is 7.11 Å². The number of rotatable bonds is 7. The summed E-state index contributed by atoms with van der Waals surface area (Å²) >= 11 is 0. The molecule has 0 radical (unpaired) electrons. The molecule has 0 fully saturated rings. The minimum atomic E-state index is 0.0509. The first-order valence-electron chi connectivity index (χ1n) is 6.91. The summed E-state index contributed by atoms with van der Waals surface area (Å²) in [6, 6.07) is 6.16. The normalized spacial score (nSPS) is 13.6. The number of oxime groups is 1. The maximum absolute atomic E-state index is 8.74. The van der Waals surface area contributed by atoms with E-state index in [1.807, 2.05) is 12.1 Å². The predicted octanol–water partition coefficient (Wildman–Crippen LogP) is 2.31. The van der Waals surface area contributed by atoms with Crippen LogP contribution in [0.2, 0.25) is 0 Å². The lowest BCUT2D eigenvalue weighted by Crippen LogP contribution is -2.32. The van der Waals surface area contributed by atoms with E-state index in [0.717, 1.165) is 18.5 Å². The molecule has 5 nitrogen and oxygen atoms in total. The third-order valence-electron chi connectivity index (χ3n) is 3.46. The Morgan fingerprint density at radius 3 is 2.65 bits per heavy atom. The molecule has 0 aliphatic rings. The second-order valence-corrected chi connectivity index (χ2v) is 5.16. The van der Waals surface area contributed by atoms with Crippen LogP contribution in [-0.4, -0.2) is 24.2 Å². The maximum atomic E-state index is 8.74. The zero-order valence-corrected chi connectivity index (χ0v) is 12.7. The number of nitrogens with zero attached hydrogens (tertiary/aromatic N) is 1. The molecule has 0 spiro atoms. The molecule has 4 N–H and O–H groups in total. The van der Waals surface area contributed by atoms with Gasteiger partial charge in [0.1, 0.15) is 5.75 Å². The van der Waals surface area contributed by atoms with Gasteiger partial charge in [-0.05, 0) is 30.0 Å². The van der Waals surface area contributed by atoms with E-state index in [9.17, 15) is 0 Å². The predicted molar refractivity (Wildman–Crippen MR) is 81.3 cm³/mol. The van der Waals surface area contributed by atoms with E-state index >= 15 is 0 Å². The summed E-state index contributed by atoms with van der Waals surface area (Å²) in [5.74, 6) is 1.26. The second kappa shape index (κ2) is 7.75. The Bertz CT molecular complexity index is 458. The molecule has 1 unspecified atom stereocenters. The van der Waals surface area contributed by atoms with Crippen LogP contribution in [0.4, 0.5) is 0 Å². The van der Waals surface area contributed by atoms with Crippen LogP contribution < -0.4 is 15.8 Å². The van der Waals surface area contributed by atoms with Crippen molar-refractivity contribution in [3.63, 3.8) is 0 Å². The van der Waals surface area contributed by atoms with E-state index in [-0.39, 0.29) is 5.84 Å². The number of methoxy groups -OCH3 is 1. The molecule has 0 amide bonds. The zero-order valence-electron chi connectivity index (χ0n) is 12.7. The van der Waals surface area contributed by atoms with Gasteiger partial charge in [-0.25, -0.2) is 0 Å². The minimum absolute atomic E-state index is 0.0509. The lowest BCUT2D eigenvalue weighted by Gasteiger charge is -2.21. The number of hydrogen-bond donors (Lipinski definition) is 3. The van der Waals surface area contributed by atoms with Gasteiger partial charge in [0.15, 0.2) is 5.84 Å². The fourth-order valence-electron chi connectivity index (χ4n) is 2.21. The summed E-state index contributed by atoms with van der Waals surface area (Å²) in [5.41, 5.74) is 7.31. The molecule has 0 saturated carbocycles. The van der Waals surface area contributed by atoms with Crippen molar-refractivity contribution in [1.82, 2.24) is 5.32 Å². The van der Waals surface area contributed by atoms with E-state index in [2.05, 4.69) is 31.2 Å². The highest BCUT2D eigenvalue weighted by molar-refractivity contribution is 5.99. The smallest absolute Gasteiger partial charge is 0.173 e. The largest absolute Gasteiger partial charge is 0.496 e. The Balaban J connectivity index is 2.83. The first-order valence-corrected chi connectivity index (χ1v) is 6.91. The van der Waals surface area contributed by atoms with Crippen LogP contribution in [0.3, 0.4) is 0 Å². The number of amidine groups is 1. The molecule has 0 aromatic heterocycles. The van der Waals surface area contributed by atoms with E-state index in [1.165, 1.54) is 0 Å². The molecule has 112 valence electrons. The van der Waals surface area contributed by atoms with Gasteiger partial charge < -0.3 is 21.0 Å². The molecule has 1 rings (SSSR count). The number of nitrogens with two attached hydrogens (primary N) is 1. The van der Waals surface area contributed by atoms with Gasteiger partial charge in [-0.15, -0.1) is 0 Å². The molecular weight excluding hydrogens is 254 g/mol. The van der Waals surface area contributed by atoms with Gasteiger partial charge in [-0.1, -0.05) is 32.0 Å². The molecule has 0 saturated heterocycles. The molecule has 0 aliphatic carbocycles. The number of ether oxygens (including phenoxy) is 1. The van der Waals surface area contributed by atoms with Gasteiger partial charge in [0.25, 0.3) is 0 Å². The first-order chi connectivity index (χ1) is 9.53. The molecule has 1 aromatic carbocycles. The SMILES string of the molecule is CCC(NCc1ccc(/C(N)=N/O)c(OC)c1)C(C)C. The highest BCUT2D eigenvalue weighted by atomic mass is 16.5. The van der Waals surface area contributed by atoms with E-state index in [4.69, 9.17) is 15.7 Å². The van der Waals surface area contributed by atoms with Crippen molar-refractivity contribution in [2.45, 2.75) is 39.8 Å². The fraction of sp³-hybridized carbons (Fsp3) is 0.533. The average Bonchev–Trinajstić information content (AvgIpc) is 2.46. The van der Waals surface area contributed by atoms with E-state index < -0.39 is 0 Å². The third-order valence-corrected chi connectivity index (χ3v) is 3.46. The van der Waals surface area contributed by atoms with Crippen LogP contribution in [0.1, 0.15) is 38.3 Å². The summed E-state index contributed by atoms with van der Waals surface area (Å²) < 4.78 is 5.29. The van der Waals surface area contributed by atoms with Crippen molar-refractivity contribution in [3.05, 3.63) is 29.3 Å². The average molecular weight is 279 g/mol. The Morgan fingerprint density at radius 1 is 1.45 bits per heavy atom. The van der Waals surface area contributed by atoms with Crippen LogP contribution in [0, 0.1) is 5.92 Å². The Labute approximate surface area is 120 Å². The summed E-state index contributed by atoms with van der Waals surface area (Å²) in [7, 11) is 1.57. The van der Waals surface area contributed by atoms with Gasteiger partial charge >= 0.3 is 0 Å². The number of benzene rings is 1. The van der Waals surface area contributed by atoms with Crippen LogP contribution in [0.5, 0.6) is 5.75 Å². The molecule has 5 heteroatoms. The Morgan fingerprint density at radius 2 is 2.15 bits per heavy atom. The van der Waals surface area contributed by atoms with E-state index in [1.54, 1.807) is 13.2 Å². The highest BCUT2D eigenvalue weighted by Gasteiger charge is 2.12. The topological polar surface area (TPSA) is 79.9 Å². The Kier molecular flexibility index (Phi) is 6.31. The van der Waals surface area contributed by atoms with Crippen molar-refractivity contribution in [3.8, 4) is 5.75 Å². The number of nitrogens with one attached hydrogen (secondary N) is 1. The zero-order chi connectivity index (χ0) is 15.1. The summed E-state index contributed by atoms with van der Waals surface area (Å²) in [6.07, 6.45) is 1.09. The lowest BCUT2D eigenvalue weighted by atomic mass is 10.0. The fourth-order valence-corrected chi connectivity index (χ4v) is 2.21. The van der Waals surface area contributed by atoms with Crippen LogP contribution in [0.15, 0.2) is 23.4 Å². The van der Waals surface area contributed by atoms with Gasteiger partial charge in [-0.2, -0.15) is 0 Å². The highest BCUT2D eigenvalue weighted by Crippen LogP contribution is 2.20. The maximum Gasteiger partial charge on any atom is 0.173 e. The van der Waals surface area contributed by atoms with E-state index in [0.29, 0.717) is 23.3 Å². The summed E-state index contributed by atoms with van der Waals surface area (Å²) in [6.45, 7) is 7.37. The molecule has 0 heterocycles. The molecule has 1 aromatic rings. The van der Waals surface area contributed by atoms with Crippen LogP contribution >= 0.6 is 0 Å². The molecule has 0 bridgehead atoms. The van der Waals surface area contributed by atoms with Crippen molar-refractivity contribution >= 4 is 5.84 Å². The minimum Gasteiger partial charge on any atom is -0.496 e. The van der Waals surface area contributed by atoms with Crippen LogP contribution in [-0.2, 0) is 6.54 Å². The summed E-state index contributed by atoms with van der Waals surface area (Å²) in [4.78, 5) is 0. The van der Waals surface area contributed by atoms with Crippen molar-refractivity contribution in [2.24, 2.45) is 16.8 Å². The summed E-state index contributed by atoms with van der Waals surface area (Å²) in [5, 5.41) is 15.3. The molecular formula is C15H25N3O2. The van der Waals surface area contributed by atoms with Gasteiger partial charge in [0, 0.05) is 12.6 Å². The third kappa shape index (κ3) is 4.13. The standard InChI is InChI=1S/C15H25N3O2/c1-5-13(10(2)3)17-9-11-6-7-12(15(16)18-19)14(8-11)20-4/h6-8,10,13,17,19H,5,9H2,1-4H3,(H2,16,18). The molecule has 0 aliphatic heterocycles. The molecule has 20 heavy (non-hydrogen) atoms. The van der Waals surface area contributed by atoms with Crippen molar-refractivity contribution in [1.29, 1.82) is 0 Å². The van der Waals surface area contributed by atoms with Gasteiger partial charge in [-0.3, -0.25) is 0 Å². The van der Waals surface area contributed by atoms with Crippen molar-refractivity contribution < 1.29 is 9.94 Å². The van der Waals surface area contributed by atoms with Crippen LogP contribution in [0.25, 0.3) is 0 Å². The number of hydrogen-bond acceptors (Lipinski definition) is 4. The van der Waals surface area contributed by atoms with Gasteiger partial charge in [0.2, 0.25) is 0 Å². The quantitative estimate of drug-likeness (QED) is 0.310. The monoisotopic (exact) mass is 279 g/mol. The second-order valence-electron chi connectivity index (χ2n) is 5.16. The lowest BCUT2D eigenvalue weighted by molar-refractivity contribution is 0.318.